The molecule has 12 nitrogen and oxygen atoms in total. The average Bonchev–Trinajstić information content (AvgIpc) is 4.03. The van der Waals surface area contributed by atoms with Crippen LogP contribution in [-0.2, 0) is 0 Å². The van der Waals surface area contributed by atoms with Gasteiger partial charge in [-0.15, -0.1) is 0 Å². The molecule has 0 saturated carbocycles. The fourth-order valence-electron chi connectivity index (χ4n) is 5.61. The van der Waals surface area contributed by atoms with Gasteiger partial charge in [0.05, 0.1) is 30.0 Å². The molecule has 6 aromatic heterocycles. The van der Waals surface area contributed by atoms with Crippen molar-refractivity contribution in [3.8, 4) is 0 Å². The Bertz CT molecular complexity index is 1990. The Morgan fingerprint density at radius 2 is 1.11 bits per heavy atom. The summed E-state index contributed by atoms with van der Waals surface area (Å²) in [6.07, 6.45) is 21.9. The van der Waals surface area contributed by atoms with Gasteiger partial charge >= 0.3 is 0 Å². The molecule has 0 saturated heterocycles. The Hall–Kier alpha value is -5.33. The molecule has 62 heavy (non-hydrogen) atoms. The summed E-state index contributed by atoms with van der Waals surface area (Å²) in [5.41, 5.74) is 7.38. The highest BCUT2D eigenvalue weighted by Gasteiger charge is 2.03. The minimum absolute atomic E-state index is 0.245. The van der Waals surface area contributed by atoms with Crippen molar-refractivity contribution in [2.75, 3.05) is 0 Å². The molecule has 0 bridgehead atoms. The summed E-state index contributed by atoms with van der Waals surface area (Å²) in [7, 11) is 0. The van der Waals surface area contributed by atoms with E-state index in [1.807, 2.05) is 107 Å². The normalized spacial score (nSPS) is 11.6. The first-order chi connectivity index (χ1) is 29.0. The lowest BCUT2D eigenvalue weighted by atomic mass is 10.1. The Morgan fingerprint density at radius 3 is 1.34 bits per heavy atom. The smallest absolute Gasteiger partial charge is 0.161 e. The predicted octanol–water partition coefficient (Wildman–Crippen LogP) is 13.0. The number of nitrogens with zero attached hydrogens (tertiary/aromatic N) is 12. The van der Waals surface area contributed by atoms with E-state index in [2.05, 4.69) is 152 Å². The van der Waals surface area contributed by atoms with Crippen LogP contribution in [0.5, 0.6) is 0 Å². The lowest BCUT2D eigenvalue weighted by Gasteiger charge is -2.06. The predicted molar refractivity (Wildman–Crippen MR) is 256 cm³/mol. The van der Waals surface area contributed by atoms with Crippen LogP contribution in [0.3, 0.4) is 0 Å². The molecule has 0 atom stereocenters. The number of hydrogen-bond acceptors (Lipinski definition) is 6. The summed E-state index contributed by atoms with van der Waals surface area (Å²) in [6.45, 7) is 39.8. The summed E-state index contributed by atoms with van der Waals surface area (Å²) < 4.78 is 23.6. The van der Waals surface area contributed by atoms with Gasteiger partial charge in [-0.05, 0) is 165 Å². The second-order valence-corrected chi connectivity index (χ2v) is 17.4. The van der Waals surface area contributed by atoms with E-state index < -0.39 is 0 Å². The van der Waals surface area contributed by atoms with Crippen LogP contribution in [0, 0.1) is 46.4 Å². The largest absolute Gasteiger partial charge is 0.270 e. The van der Waals surface area contributed by atoms with E-state index in [1.54, 1.807) is 10.9 Å². The maximum Gasteiger partial charge on any atom is 0.161 e. The zero-order valence-corrected chi connectivity index (χ0v) is 41.7. The Labute approximate surface area is 373 Å². The number of rotatable bonds is 7. The van der Waals surface area contributed by atoms with E-state index >= 15 is 0 Å². The van der Waals surface area contributed by atoms with Crippen molar-refractivity contribution in [3.05, 3.63) is 132 Å². The average molecular weight is 857 g/mol. The van der Waals surface area contributed by atoms with Crippen LogP contribution < -0.4 is 0 Å². The van der Waals surface area contributed by atoms with Gasteiger partial charge in [0.2, 0.25) is 0 Å². The minimum Gasteiger partial charge on any atom is -0.270 e. The molecule has 0 amide bonds. The van der Waals surface area contributed by atoms with Crippen molar-refractivity contribution in [3.63, 3.8) is 0 Å². The number of aryl methyl sites for hydroxylation is 5. The van der Waals surface area contributed by atoms with E-state index in [9.17, 15) is 4.39 Å². The number of allylic oxidation sites excluding steroid dienone is 4. The zero-order valence-electron chi connectivity index (χ0n) is 41.7. The third-order valence-corrected chi connectivity index (χ3v) is 9.04. The molecule has 0 fully saturated rings. The standard InChI is InChI=1S/C8H14N2.C8H12.3C7H12N2.C6H9FN2.C6H10N2/c1-6(2)10-8(4)5-7(3)9-10;1-7(2)8-5-3-4-6-8;1-6(2)9-5-7(3)4-8-9;1-6(2)9-5-4-7(3)8-9;1-6(2)9-7(3)4-5-8-9;1-5(2)9-4-6(7)3-8-9;1-6(2)8-5-3-4-7-8/h5-6H,1-4H3;3,5-7H,4H2,1-2H3;3*4-6H,1-3H3;3-5H,1-2H3;3-6H,1-2H3. The molecule has 6 aromatic rings. The monoisotopic (exact) mass is 857 g/mol. The Kier molecular flexibility index (Phi) is 25.0. The van der Waals surface area contributed by atoms with Crippen molar-refractivity contribution in [1.29, 1.82) is 0 Å². The molecule has 0 aliphatic heterocycles. The highest BCUT2D eigenvalue weighted by molar-refractivity contribution is 5.27. The third-order valence-electron chi connectivity index (χ3n) is 9.04. The van der Waals surface area contributed by atoms with Crippen molar-refractivity contribution in [1.82, 2.24) is 58.7 Å². The van der Waals surface area contributed by atoms with Crippen molar-refractivity contribution < 1.29 is 4.39 Å². The van der Waals surface area contributed by atoms with Crippen LogP contribution in [0.25, 0.3) is 0 Å². The molecule has 0 N–H and O–H groups in total. The molecule has 1 aliphatic carbocycles. The fourth-order valence-corrected chi connectivity index (χ4v) is 5.61. The molecule has 7 rings (SSSR count). The first-order valence-electron chi connectivity index (χ1n) is 22.1. The summed E-state index contributed by atoms with van der Waals surface area (Å²) in [4.78, 5) is 0. The second-order valence-electron chi connectivity index (χ2n) is 17.4. The summed E-state index contributed by atoms with van der Waals surface area (Å²) in [5, 5.41) is 24.6. The second kappa shape index (κ2) is 28.3. The molecule has 6 heterocycles. The van der Waals surface area contributed by atoms with E-state index in [0.29, 0.717) is 36.1 Å². The van der Waals surface area contributed by atoms with E-state index in [-0.39, 0.29) is 11.9 Å². The molecular formula is C49H81FN12. The van der Waals surface area contributed by atoms with E-state index in [0.717, 1.165) is 17.8 Å². The third kappa shape index (κ3) is 21.5. The molecule has 0 radical (unpaired) electrons. The molecule has 1 aliphatic rings. The molecular weight excluding hydrogens is 776 g/mol. The fraction of sp³-hybridized carbons (Fsp3) is 0.551. The van der Waals surface area contributed by atoms with Gasteiger partial charge in [-0.25, -0.2) is 4.39 Å². The van der Waals surface area contributed by atoms with Gasteiger partial charge in [-0.3, -0.25) is 28.1 Å². The number of aromatic nitrogens is 12. The quantitative estimate of drug-likeness (QED) is 0.158. The van der Waals surface area contributed by atoms with Gasteiger partial charge < -0.3 is 0 Å². The molecule has 13 heteroatoms. The molecule has 344 valence electrons. The van der Waals surface area contributed by atoms with E-state index in [1.165, 1.54) is 34.9 Å². The van der Waals surface area contributed by atoms with Gasteiger partial charge in [0.1, 0.15) is 0 Å². The number of halogens is 1. The lowest BCUT2D eigenvalue weighted by Crippen LogP contribution is -2.04. The van der Waals surface area contributed by atoms with Crippen LogP contribution >= 0.6 is 0 Å². The maximum absolute atomic E-state index is 12.2. The summed E-state index contributed by atoms with van der Waals surface area (Å²) in [6, 6.07) is 10.7. The molecule has 0 unspecified atom stereocenters. The lowest BCUT2D eigenvalue weighted by molar-refractivity contribution is 0.516. The summed E-state index contributed by atoms with van der Waals surface area (Å²) in [5.74, 6) is 0.442. The van der Waals surface area contributed by atoms with Crippen molar-refractivity contribution >= 4 is 0 Å². The van der Waals surface area contributed by atoms with Gasteiger partial charge in [0, 0.05) is 78.6 Å². The highest BCUT2D eigenvalue weighted by atomic mass is 19.1. The highest BCUT2D eigenvalue weighted by Crippen LogP contribution is 2.17. The molecule has 0 aromatic carbocycles. The first kappa shape index (κ1) is 54.7. The SMILES string of the molecule is CC(C)C1=CCC=C1.CC(C)n1cc(F)cn1.CC(C)n1cccn1.Cc1cc(C)n(C(C)C)n1.Cc1ccn(C(C)C)n1.Cc1ccnn1C(C)C.Cc1cnn(C(C)C)c1. The molecule has 0 spiro atoms. The van der Waals surface area contributed by atoms with Gasteiger partial charge in [-0.1, -0.05) is 32.1 Å². The maximum atomic E-state index is 12.2. The Morgan fingerprint density at radius 1 is 0.532 bits per heavy atom. The van der Waals surface area contributed by atoms with Crippen LogP contribution in [0.2, 0.25) is 0 Å². The van der Waals surface area contributed by atoms with E-state index in [4.69, 9.17) is 0 Å². The van der Waals surface area contributed by atoms with Crippen molar-refractivity contribution in [2.45, 2.75) is 174 Å². The van der Waals surface area contributed by atoms with Gasteiger partial charge in [0.25, 0.3) is 0 Å². The summed E-state index contributed by atoms with van der Waals surface area (Å²) >= 11 is 0. The Balaban J connectivity index is 0.000000362. The van der Waals surface area contributed by atoms with Crippen LogP contribution in [0.15, 0.2) is 97.6 Å². The van der Waals surface area contributed by atoms with Gasteiger partial charge in [0.15, 0.2) is 5.82 Å². The minimum atomic E-state index is -0.274. The van der Waals surface area contributed by atoms with Crippen LogP contribution in [0.1, 0.15) is 168 Å². The first-order valence-corrected chi connectivity index (χ1v) is 22.1. The zero-order chi connectivity index (χ0) is 47.1. The van der Waals surface area contributed by atoms with Crippen molar-refractivity contribution in [2.24, 2.45) is 5.92 Å². The topological polar surface area (TPSA) is 107 Å². The van der Waals surface area contributed by atoms with Gasteiger partial charge in [-0.2, -0.15) is 30.6 Å². The number of hydrogen-bond donors (Lipinski definition) is 0. The van der Waals surface area contributed by atoms with Crippen LogP contribution in [-0.4, -0.2) is 58.7 Å². The van der Waals surface area contributed by atoms with Crippen LogP contribution in [0.4, 0.5) is 4.39 Å².